The second kappa shape index (κ2) is 4.39. The van der Waals surface area contributed by atoms with E-state index in [0.717, 1.165) is 26.1 Å². The molecule has 0 aromatic heterocycles. The third-order valence-electron chi connectivity index (χ3n) is 2.42. The predicted octanol–water partition coefficient (Wildman–Crippen LogP) is 0.304. The highest BCUT2D eigenvalue weighted by atomic mass is 32.2. The molecule has 0 unspecified atom stereocenters. The minimum atomic E-state index is -3.01. The standard InChI is InChI=1S/C8H17NO3S/c1-9(13(2,10)11)7-8-3-5-12-6-4-8/h8H,3-7H2,1-2H3. The third-order valence-corrected chi connectivity index (χ3v) is 3.70. The van der Waals surface area contributed by atoms with Crippen LogP contribution in [-0.2, 0) is 14.8 Å². The lowest BCUT2D eigenvalue weighted by atomic mass is 10.0. The summed E-state index contributed by atoms with van der Waals surface area (Å²) in [6.45, 7) is 2.16. The summed E-state index contributed by atoms with van der Waals surface area (Å²) >= 11 is 0. The van der Waals surface area contributed by atoms with E-state index in [9.17, 15) is 8.42 Å². The van der Waals surface area contributed by atoms with Gasteiger partial charge >= 0.3 is 0 Å². The summed E-state index contributed by atoms with van der Waals surface area (Å²) < 4.78 is 28.8. The lowest BCUT2D eigenvalue weighted by Crippen LogP contribution is -2.33. The summed E-state index contributed by atoms with van der Waals surface area (Å²) in [6.07, 6.45) is 3.19. The average molecular weight is 207 g/mol. The zero-order valence-electron chi connectivity index (χ0n) is 8.19. The van der Waals surface area contributed by atoms with Crippen LogP contribution in [0.25, 0.3) is 0 Å². The van der Waals surface area contributed by atoms with Crippen LogP contribution in [-0.4, -0.2) is 45.8 Å². The Morgan fingerprint density at radius 2 is 1.92 bits per heavy atom. The lowest BCUT2D eigenvalue weighted by Gasteiger charge is -2.25. The Balaban J connectivity index is 2.39. The molecule has 0 spiro atoms. The van der Waals surface area contributed by atoms with E-state index in [1.54, 1.807) is 7.05 Å². The highest BCUT2D eigenvalue weighted by molar-refractivity contribution is 7.88. The van der Waals surface area contributed by atoms with E-state index in [1.807, 2.05) is 0 Å². The first-order valence-electron chi connectivity index (χ1n) is 4.49. The molecule has 1 aliphatic heterocycles. The Morgan fingerprint density at radius 3 is 2.38 bits per heavy atom. The van der Waals surface area contributed by atoms with E-state index >= 15 is 0 Å². The van der Waals surface area contributed by atoms with E-state index in [-0.39, 0.29) is 0 Å². The second-order valence-corrected chi connectivity index (χ2v) is 5.69. The van der Waals surface area contributed by atoms with Gasteiger partial charge in [0.25, 0.3) is 0 Å². The molecule has 1 rings (SSSR count). The fraction of sp³-hybridized carbons (Fsp3) is 1.00. The summed E-state index contributed by atoms with van der Waals surface area (Å²) in [5.74, 6) is 0.466. The van der Waals surface area contributed by atoms with Crippen LogP contribution in [0.4, 0.5) is 0 Å². The third kappa shape index (κ3) is 3.62. The first-order chi connectivity index (χ1) is 6.00. The van der Waals surface area contributed by atoms with Crippen LogP contribution in [0.3, 0.4) is 0 Å². The Kier molecular flexibility index (Phi) is 3.70. The van der Waals surface area contributed by atoms with Crippen molar-refractivity contribution in [2.75, 3.05) is 33.1 Å². The van der Waals surface area contributed by atoms with Crippen LogP contribution < -0.4 is 0 Å². The molecule has 1 fully saturated rings. The van der Waals surface area contributed by atoms with E-state index in [0.29, 0.717) is 12.5 Å². The van der Waals surface area contributed by atoms with Gasteiger partial charge in [0.2, 0.25) is 10.0 Å². The van der Waals surface area contributed by atoms with Crippen molar-refractivity contribution in [1.29, 1.82) is 0 Å². The minimum absolute atomic E-state index is 0.466. The topological polar surface area (TPSA) is 46.6 Å². The van der Waals surface area contributed by atoms with Gasteiger partial charge in [-0.15, -0.1) is 0 Å². The molecule has 78 valence electrons. The normalized spacial score (nSPS) is 20.8. The second-order valence-electron chi connectivity index (χ2n) is 3.60. The molecule has 0 N–H and O–H groups in total. The summed E-state index contributed by atoms with van der Waals surface area (Å²) in [5, 5.41) is 0. The number of sulfonamides is 1. The first-order valence-corrected chi connectivity index (χ1v) is 6.34. The van der Waals surface area contributed by atoms with Gasteiger partial charge in [0, 0.05) is 26.8 Å². The SMILES string of the molecule is CN(CC1CCOCC1)S(C)(=O)=O. The number of rotatable bonds is 3. The molecule has 0 atom stereocenters. The number of hydrogen-bond donors (Lipinski definition) is 0. The van der Waals surface area contributed by atoms with Crippen molar-refractivity contribution in [3.63, 3.8) is 0 Å². The molecule has 0 amide bonds. The number of nitrogens with zero attached hydrogens (tertiary/aromatic N) is 1. The Bertz CT molecular complexity index is 244. The van der Waals surface area contributed by atoms with Gasteiger partial charge in [-0.2, -0.15) is 0 Å². The Morgan fingerprint density at radius 1 is 1.38 bits per heavy atom. The van der Waals surface area contributed by atoms with E-state index in [4.69, 9.17) is 4.74 Å². The van der Waals surface area contributed by atoms with Gasteiger partial charge in [0.05, 0.1) is 6.26 Å². The van der Waals surface area contributed by atoms with E-state index < -0.39 is 10.0 Å². The van der Waals surface area contributed by atoms with Crippen LogP contribution in [0.5, 0.6) is 0 Å². The van der Waals surface area contributed by atoms with E-state index in [2.05, 4.69) is 0 Å². The minimum Gasteiger partial charge on any atom is -0.381 e. The van der Waals surface area contributed by atoms with Crippen LogP contribution in [0.1, 0.15) is 12.8 Å². The molecule has 5 heteroatoms. The van der Waals surface area contributed by atoms with Gasteiger partial charge in [-0.25, -0.2) is 12.7 Å². The fourth-order valence-electron chi connectivity index (χ4n) is 1.43. The largest absolute Gasteiger partial charge is 0.381 e. The van der Waals surface area contributed by atoms with Crippen LogP contribution in [0.15, 0.2) is 0 Å². The van der Waals surface area contributed by atoms with Crippen molar-refractivity contribution in [3.8, 4) is 0 Å². The summed E-state index contributed by atoms with van der Waals surface area (Å²) in [6, 6.07) is 0. The van der Waals surface area contributed by atoms with Crippen LogP contribution in [0, 0.1) is 5.92 Å². The van der Waals surface area contributed by atoms with Crippen LogP contribution in [0.2, 0.25) is 0 Å². The monoisotopic (exact) mass is 207 g/mol. The highest BCUT2D eigenvalue weighted by Gasteiger charge is 2.19. The molecular formula is C8H17NO3S. The highest BCUT2D eigenvalue weighted by Crippen LogP contribution is 2.16. The van der Waals surface area contributed by atoms with Crippen molar-refractivity contribution in [2.24, 2.45) is 5.92 Å². The van der Waals surface area contributed by atoms with Gasteiger partial charge in [-0.3, -0.25) is 0 Å². The zero-order valence-corrected chi connectivity index (χ0v) is 9.01. The number of hydrogen-bond acceptors (Lipinski definition) is 3. The summed E-state index contributed by atoms with van der Waals surface area (Å²) in [4.78, 5) is 0. The maximum absolute atomic E-state index is 11.1. The van der Waals surface area contributed by atoms with Gasteiger partial charge in [-0.05, 0) is 18.8 Å². The van der Waals surface area contributed by atoms with Crippen molar-refractivity contribution >= 4 is 10.0 Å². The maximum atomic E-state index is 11.1. The molecule has 0 bridgehead atoms. The smallest absolute Gasteiger partial charge is 0.210 e. The van der Waals surface area contributed by atoms with Gasteiger partial charge < -0.3 is 4.74 Å². The molecule has 1 saturated heterocycles. The zero-order chi connectivity index (χ0) is 9.90. The van der Waals surface area contributed by atoms with Crippen LogP contribution >= 0.6 is 0 Å². The molecule has 1 heterocycles. The molecular weight excluding hydrogens is 190 g/mol. The van der Waals surface area contributed by atoms with Gasteiger partial charge in [0.1, 0.15) is 0 Å². The number of ether oxygens (including phenoxy) is 1. The van der Waals surface area contributed by atoms with Crippen molar-refractivity contribution in [2.45, 2.75) is 12.8 Å². The molecule has 0 aromatic carbocycles. The van der Waals surface area contributed by atoms with Gasteiger partial charge in [-0.1, -0.05) is 0 Å². The Hall–Kier alpha value is -0.130. The summed E-state index contributed by atoms with van der Waals surface area (Å²) in [7, 11) is -1.38. The average Bonchev–Trinajstić information content (AvgIpc) is 2.04. The molecule has 4 nitrogen and oxygen atoms in total. The first kappa shape index (κ1) is 10.9. The molecule has 0 aliphatic carbocycles. The van der Waals surface area contributed by atoms with Crippen molar-refractivity contribution in [3.05, 3.63) is 0 Å². The van der Waals surface area contributed by atoms with Crippen molar-refractivity contribution in [1.82, 2.24) is 4.31 Å². The lowest BCUT2D eigenvalue weighted by molar-refractivity contribution is 0.0620. The molecule has 0 radical (unpaired) electrons. The van der Waals surface area contributed by atoms with E-state index in [1.165, 1.54) is 10.6 Å². The quantitative estimate of drug-likeness (QED) is 0.669. The van der Waals surface area contributed by atoms with Gasteiger partial charge in [0.15, 0.2) is 0 Å². The summed E-state index contributed by atoms with van der Waals surface area (Å²) in [5.41, 5.74) is 0. The molecule has 0 aromatic rings. The Labute approximate surface area is 79.9 Å². The predicted molar refractivity (Wildman–Crippen MR) is 51.0 cm³/mol. The fourth-order valence-corrected chi connectivity index (χ4v) is 1.91. The molecule has 1 aliphatic rings. The molecule has 0 saturated carbocycles. The molecule has 13 heavy (non-hydrogen) atoms. The van der Waals surface area contributed by atoms with Crippen molar-refractivity contribution < 1.29 is 13.2 Å². The maximum Gasteiger partial charge on any atom is 0.210 e.